The van der Waals surface area contributed by atoms with Gasteiger partial charge >= 0.3 is 0 Å². The van der Waals surface area contributed by atoms with Crippen LogP contribution in [0.15, 0.2) is 34.2 Å². The number of sulfonamides is 1. The van der Waals surface area contributed by atoms with E-state index in [1.165, 1.54) is 57.8 Å². The third-order valence-corrected chi connectivity index (χ3v) is 6.64. The van der Waals surface area contributed by atoms with Crippen LogP contribution in [0.25, 0.3) is 0 Å². The zero-order chi connectivity index (χ0) is 21.0. The van der Waals surface area contributed by atoms with E-state index < -0.39 is 10.0 Å². The molecular formula is C22H38N4O2S. The van der Waals surface area contributed by atoms with Gasteiger partial charge in [-0.05, 0) is 25.5 Å². The highest BCUT2D eigenvalue weighted by Crippen LogP contribution is 2.12. The molecule has 1 heterocycles. The van der Waals surface area contributed by atoms with Crippen molar-refractivity contribution in [1.82, 2.24) is 14.9 Å². The van der Waals surface area contributed by atoms with E-state index in [4.69, 9.17) is 0 Å². The molecule has 2 rings (SSSR count). The van der Waals surface area contributed by atoms with Crippen LogP contribution < -0.4 is 10.0 Å². The molecule has 6 nitrogen and oxygen atoms in total. The van der Waals surface area contributed by atoms with Crippen molar-refractivity contribution in [3.05, 3.63) is 29.8 Å². The lowest BCUT2D eigenvalue weighted by Gasteiger charge is -2.26. The highest BCUT2D eigenvalue weighted by atomic mass is 32.2. The lowest BCUT2D eigenvalue weighted by Crippen LogP contribution is -2.50. The number of guanidine groups is 1. The van der Waals surface area contributed by atoms with E-state index in [1.54, 1.807) is 24.3 Å². The number of hydrogen-bond acceptors (Lipinski definition) is 5. The maximum Gasteiger partial charge on any atom is 0.264 e. The Morgan fingerprint density at radius 2 is 1.55 bits per heavy atom. The van der Waals surface area contributed by atoms with Gasteiger partial charge in [0.1, 0.15) is 0 Å². The molecule has 0 spiro atoms. The third-order valence-electron chi connectivity index (χ3n) is 5.29. The van der Waals surface area contributed by atoms with E-state index in [-0.39, 0.29) is 4.90 Å². The number of benzene rings is 1. The minimum Gasteiger partial charge on any atom is -0.343 e. The van der Waals surface area contributed by atoms with Gasteiger partial charge in [0.2, 0.25) is 5.96 Å². The highest BCUT2D eigenvalue weighted by molar-refractivity contribution is 7.90. The van der Waals surface area contributed by atoms with Crippen LogP contribution in [0.1, 0.15) is 76.7 Å². The SMILES string of the molecule is CCCCCCCCCCCCN1CN=C(NS(=O)(=O)c2ccc(C)cc2)NC1. The predicted octanol–water partition coefficient (Wildman–Crippen LogP) is 4.37. The summed E-state index contributed by atoms with van der Waals surface area (Å²) in [7, 11) is -3.59. The number of nitrogens with zero attached hydrogens (tertiary/aromatic N) is 2. The van der Waals surface area contributed by atoms with Crippen molar-refractivity contribution in [2.45, 2.75) is 83.0 Å². The van der Waals surface area contributed by atoms with Crippen molar-refractivity contribution in [3.63, 3.8) is 0 Å². The van der Waals surface area contributed by atoms with Gasteiger partial charge in [-0.1, -0.05) is 82.4 Å². The molecular weight excluding hydrogens is 384 g/mol. The molecule has 0 fully saturated rings. The van der Waals surface area contributed by atoms with Crippen molar-refractivity contribution in [3.8, 4) is 0 Å². The number of rotatable bonds is 13. The van der Waals surface area contributed by atoms with Crippen LogP contribution in [0.3, 0.4) is 0 Å². The monoisotopic (exact) mass is 422 g/mol. The van der Waals surface area contributed by atoms with Crippen molar-refractivity contribution >= 4 is 16.0 Å². The van der Waals surface area contributed by atoms with Crippen molar-refractivity contribution in [2.75, 3.05) is 19.9 Å². The van der Waals surface area contributed by atoms with Crippen LogP contribution in [0.5, 0.6) is 0 Å². The van der Waals surface area contributed by atoms with E-state index in [9.17, 15) is 8.42 Å². The molecule has 0 aromatic heterocycles. The molecule has 29 heavy (non-hydrogen) atoms. The Balaban J connectivity index is 1.59. The zero-order valence-corrected chi connectivity index (χ0v) is 18.9. The lowest BCUT2D eigenvalue weighted by atomic mass is 10.1. The Hall–Kier alpha value is -1.60. The summed E-state index contributed by atoms with van der Waals surface area (Å²) in [4.78, 5) is 6.80. The molecule has 0 aliphatic carbocycles. The van der Waals surface area contributed by atoms with Gasteiger partial charge in [-0.3, -0.25) is 4.90 Å². The minimum absolute atomic E-state index is 0.250. The summed E-state index contributed by atoms with van der Waals surface area (Å²) in [5, 5.41) is 3.08. The normalized spacial score (nSPS) is 15.0. The Labute approximate surface area is 177 Å². The van der Waals surface area contributed by atoms with Crippen LogP contribution in [0, 0.1) is 6.92 Å². The van der Waals surface area contributed by atoms with Crippen LogP contribution in [-0.2, 0) is 10.0 Å². The van der Waals surface area contributed by atoms with Gasteiger partial charge in [-0.25, -0.2) is 18.1 Å². The maximum absolute atomic E-state index is 12.4. The standard InChI is InChI=1S/C22H38N4O2S/c1-3-4-5-6-7-8-9-10-11-12-17-26-18-23-22(24-19-26)25-29(27,28)21-15-13-20(2)14-16-21/h13-16H,3-12,17-19H2,1-2H3,(H2,23,24,25). The molecule has 164 valence electrons. The molecule has 0 atom stereocenters. The molecule has 0 amide bonds. The fourth-order valence-electron chi connectivity index (χ4n) is 3.41. The minimum atomic E-state index is -3.59. The maximum atomic E-state index is 12.4. The summed E-state index contributed by atoms with van der Waals surface area (Å²) < 4.78 is 27.4. The first kappa shape index (κ1) is 23.7. The Bertz CT molecular complexity index is 717. The molecule has 7 heteroatoms. The summed E-state index contributed by atoms with van der Waals surface area (Å²) in [6, 6.07) is 6.80. The first-order valence-electron chi connectivity index (χ1n) is 11.1. The zero-order valence-electron chi connectivity index (χ0n) is 18.1. The second kappa shape index (κ2) is 12.9. The Kier molecular flexibility index (Phi) is 10.5. The first-order chi connectivity index (χ1) is 14.0. The Morgan fingerprint density at radius 3 is 2.10 bits per heavy atom. The number of unbranched alkanes of at least 4 members (excludes halogenated alkanes) is 9. The van der Waals surface area contributed by atoms with Crippen LogP contribution in [-0.4, -0.2) is 39.2 Å². The lowest BCUT2D eigenvalue weighted by molar-refractivity contribution is 0.257. The molecule has 0 saturated heterocycles. The summed E-state index contributed by atoms with van der Waals surface area (Å²) in [6.07, 6.45) is 13.3. The van der Waals surface area contributed by atoms with Gasteiger partial charge in [-0.15, -0.1) is 0 Å². The van der Waals surface area contributed by atoms with Crippen molar-refractivity contribution in [1.29, 1.82) is 0 Å². The highest BCUT2D eigenvalue weighted by Gasteiger charge is 2.19. The van der Waals surface area contributed by atoms with E-state index >= 15 is 0 Å². The van der Waals surface area contributed by atoms with Crippen molar-refractivity contribution < 1.29 is 8.42 Å². The van der Waals surface area contributed by atoms with Gasteiger partial charge in [0.15, 0.2) is 0 Å². The average Bonchev–Trinajstić information content (AvgIpc) is 2.71. The van der Waals surface area contributed by atoms with Gasteiger partial charge in [0.05, 0.1) is 18.2 Å². The second-order valence-corrected chi connectivity index (χ2v) is 9.66. The van der Waals surface area contributed by atoms with Gasteiger partial charge in [0.25, 0.3) is 10.0 Å². The van der Waals surface area contributed by atoms with Crippen molar-refractivity contribution in [2.24, 2.45) is 4.99 Å². The summed E-state index contributed by atoms with van der Waals surface area (Å²) >= 11 is 0. The van der Waals surface area contributed by atoms with E-state index in [0.29, 0.717) is 19.3 Å². The quantitative estimate of drug-likeness (QED) is 0.463. The smallest absolute Gasteiger partial charge is 0.264 e. The summed E-state index contributed by atoms with van der Waals surface area (Å²) in [5.41, 5.74) is 1.03. The molecule has 0 unspecified atom stereocenters. The fourth-order valence-corrected chi connectivity index (χ4v) is 4.41. The summed E-state index contributed by atoms with van der Waals surface area (Å²) in [6.45, 7) is 6.32. The topological polar surface area (TPSA) is 73.8 Å². The number of hydrogen-bond donors (Lipinski definition) is 2. The molecule has 0 saturated carbocycles. The molecule has 0 radical (unpaired) electrons. The molecule has 1 aromatic carbocycles. The van der Waals surface area contributed by atoms with Gasteiger partial charge < -0.3 is 5.32 Å². The third kappa shape index (κ3) is 9.17. The van der Waals surface area contributed by atoms with Crippen LogP contribution in [0.4, 0.5) is 0 Å². The fraction of sp³-hybridized carbons (Fsp3) is 0.682. The predicted molar refractivity (Wildman–Crippen MR) is 120 cm³/mol. The molecule has 1 aliphatic heterocycles. The second-order valence-electron chi connectivity index (χ2n) is 7.98. The first-order valence-corrected chi connectivity index (χ1v) is 12.6. The molecule has 2 N–H and O–H groups in total. The van der Waals surface area contributed by atoms with Crippen LogP contribution in [0.2, 0.25) is 0 Å². The molecule has 1 aromatic rings. The van der Waals surface area contributed by atoms with E-state index in [2.05, 4.69) is 26.9 Å². The Morgan fingerprint density at radius 1 is 0.966 bits per heavy atom. The van der Waals surface area contributed by atoms with Crippen LogP contribution >= 0.6 is 0 Å². The number of aryl methyl sites for hydroxylation is 1. The molecule has 1 aliphatic rings. The number of nitrogens with one attached hydrogen (secondary N) is 2. The average molecular weight is 423 g/mol. The van der Waals surface area contributed by atoms with E-state index in [0.717, 1.165) is 18.5 Å². The van der Waals surface area contributed by atoms with Gasteiger partial charge in [-0.2, -0.15) is 0 Å². The molecule has 0 bridgehead atoms. The largest absolute Gasteiger partial charge is 0.343 e. The number of aliphatic imine (C=N–C) groups is 1. The van der Waals surface area contributed by atoms with E-state index in [1.807, 2.05) is 6.92 Å². The van der Waals surface area contributed by atoms with Gasteiger partial charge in [0, 0.05) is 6.54 Å². The summed E-state index contributed by atoms with van der Waals surface area (Å²) in [5.74, 6) is 0.324.